The van der Waals surface area contributed by atoms with Gasteiger partial charge in [-0.1, -0.05) is 36.4 Å². The van der Waals surface area contributed by atoms with Gasteiger partial charge in [-0.3, -0.25) is 0 Å². The number of nitrogens with zero attached hydrogens (tertiary/aromatic N) is 1. The lowest BCUT2D eigenvalue weighted by atomic mass is 10.2. The zero-order chi connectivity index (χ0) is 12.4. The van der Waals surface area contributed by atoms with Gasteiger partial charge in [0, 0.05) is 12.1 Å². The average molecular weight is 254 g/mol. The molecule has 3 aromatic rings. The maximum atomic E-state index is 9.75. The summed E-state index contributed by atoms with van der Waals surface area (Å²) in [5.41, 5.74) is 2.15. The number of para-hydroxylation sites is 1. The lowest BCUT2D eigenvalue weighted by molar-refractivity contribution is -0.579. The molecule has 1 N–H and O–H groups in total. The van der Waals surface area contributed by atoms with Crippen molar-refractivity contribution in [3.63, 3.8) is 0 Å². The van der Waals surface area contributed by atoms with Crippen molar-refractivity contribution in [2.45, 2.75) is 0 Å². The molecule has 0 radical (unpaired) electrons. The maximum Gasteiger partial charge on any atom is 0.278 e. The van der Waals surface area contributed by atoms with Crippen molar-refractivity contribution in [2.24, 2.45) is 0 Å². The van der Waals surface area contributed by atoms with E-state index in [4.69, 9.17) is 0 Å². The second-order valence-electron chi connectivity index (χ2n) is 3.95. The Morgan fingerprint density at radius 3 is 2.11 bits per heavy atom. The first-order chi connectivity index (χ1) is 8.84. The van der Waals surface area contributed by atoms with E-state index in [2.05, 4.69) is 0 Å². The molecule has 2 nitrogen and oxygen atoms in total. The fourth-order valence-electron chi connectivity index (χ4n) is 1.90. The molecule has 0 aliphatic heterocycles. The van der Waals surface area contributed by atoms with E-state index in [0.717, 1.165) is 16.3 Å². The predicted molar refractivity (Wildman–Crippen MR) is 73.0 cm³/mol. The summed E-state index contributed by atoms with van der Waals surface area (Å²) in [6, 6.07) is 20.1. The Bertz CT molecular complexity index is 590. The summed E-state index contributed by atoms with van der Waals surface area (Å²) in [5, 5.41) is 11.1. The number of hydrogen-bond acceptors (Lipinski definition) is 2. The molecule has 1 aromatic heterocycles. The molecule has 0 fully saturated rings. The first-order valence-corrected chi connectivity index (χ1v) is 6.51. The third-order valence-corrected chi connectivity index (χ3v) is 3.65. The molecule has 18 heavy (non-hydrogen) atoms. The molecular formula is C15H12NOS+. The van der Waals surface area contributed by atoms with Crippen LogP contribution >= 0.6 is 11.3 Å². The quantitative estimate of drug-likeness (QED) is 0.696. The molecule has 0 unspecified atom stereocenters. The number of thiazole rings is 1. The third kappa shape index (κ3) is 2.00. The van der Waals surface area contributed by atoms with Crippen LogP contribution in [-0.2, 0) is 0 Å². The van der Waals surface area contributed by atoms with Crippen LogP contribution in [0.4, 0.5) is 0 Å². The van der Waals surface area contributed by atoms with Crippen molar-refractivity contribution in [3.8, 4) is 21.3 Å². The summed E-state index contributed by atoms with van der Waals surface area (Å²) >= 11 is 1.38. The van der Waals surface area contributed by atoms with Crippen LogP contribution in [-0.4, -0.2) is 5.11 Å². The van der Waals surface area contributed by atoms with Gasteiger partial charge in [0.1, 0.15) is 0 Å². The van der Waals surface area contributed by atoms with Gasteiger partial charge in [-0.15, -0.1) is 4.57 Å². The van der Waals surface area contributed by atoms with Gasteiger partial charge >= 0.3 is 0 Å². The highest BCUT2D eigenvalue weighted by Gasteiger charge is 2.20. The largest absolute Gasteiger partial charge is 0.495 e. The average Bonchev–Trinajstić information content (AvgIpc) is 2.83. The van der Waals surface area contributed by atoms with E-state index in [-0.39, 0.29) is 0 Å². The van der Waals surface area contributed by atoms with Gasteiger partial charge in [0.2, 0.25) is 16.9 Å². The number of rotatable bonds is 2. The molecule has 3 rings (SSSR count). The van der Waals surface area contributed by atoms with Crippen molar-refractivity contribution in [1.29, 1.82) is 0 Å². The monoisotopic (exact) mass is 254 g/mol. The maximum absolute atomic E-state index is 9.75. The van der Waals surface area contributed by atoms with Crippen molar-refractivity contribution in [2.75, 3.05) is 0 Å². The zero-order valence-electron chi connectivity index (χ0n) is 9.65. The number of aromatic nitrogens is 1. The fraction of sp³-hybridized carbons (Fsp3) is 0. The van der Waals surface area contributed by atoms with Gasteiger partial charge in [-0.05, 0) is 23.5 Å². The summed E-state index contributed by atoms with van der Waals surface area (Å²) < 4.78 is 2.01. The highest BCUT2D eigenvalue weighted by molar-refractivity contribution is 7.16. The van der Waals surface area contributed by atoms with E-state index in [1.165, 1.54) is 11.3 Å². The third-order valence-electron chi connectivity index (χ3n) is 2.71. The van der Waals surface area contributed by atoms with Gasteiger partial charge in [-0.25, -0.2) is 0 Å². The highest BCUT2D eigenvalue weighted by Crippen LogP contribution is 2.28. The molecule has 0 atom stereocenters. The Hall–Kier alpha value is -2.13. The summed E-state index contributed by atoms with van der Waals surface area (Å²) in [5.74, 6) is 0. The minimum atomic E-state index is 0.317. The van der Waals surface area contributed by atoms with Crippen LogP contribution in [0.1, 0.15) is 0 Å². The van der Waals surface area contributed by atoms with Crippen LogP contribution in [0.2, 0.25) is 0 Å². The minimum absolute atomic E-state index is 0.317. The van der Waals surface area contributed by atoms with Crippen LogP contribution < -0.4 is 4.57 Å². The molecular weight excluding hydrogens is 242 g/mol. The van der Waals surface area contributed by atoms with E-state index in [0.29, 0.717) is 5.06 Å². The predicted octanol–water partition coefficient (Wildman–Crippen LogP) is 3.40. The molecule has 0 aliphatic carbocycles. The Kier molecular flexibility index (Phi) is 2.82. The molecule has 0 saturated heterocycles. The van der Waals surface area contributed by atoms with E-state index in [9.17, 15) is 5.11 Å². The molecule has 1 heterocycles. The fourth-order valence-corrected chi connectivity index (χ4v) is 2.77. The Morgan fingerprint density at radius 1 is 0.833 bits per heavy atom. The Balaban J connectivity index is 2.17. The first kappa shape index (κ1) is 11.0. The lowest BCUT2D eigenvalue weighted by Gasteiger charge is -1.96. The minimum Gasteiger partial charge on any atom is -0.495 e. The van der Waals surface area contributed by atoms with Crippen molar-refractivity contribution >= 4 is 11.3 Å². The number of aromatic hydroxyl groups is 1. The molecule has 2 aromatic carbocycles. The van der Waals surface area contributed by atoms with Gasteiger partial charge in [0.25, 0.3) is 5.01 Å². The summed E-state index contributed by atoms with van der Waals surface area (Å²) in [6.45, 7) is 0. The van der Waals surface area contributed by atoms with Crippen LogP contribution in [0, 0.1) is 0 Å². The van der Waals surface area contributed by atoms with Crippen LogP contribution in [0.5, 0.6) is 5.06 Å². The van der Waals surface area contributed by atoms with Crippen molar-refractivity contribution < 1.29 is 9.67 Å². The summed E-state index contributed by atoms with van der Waals surface area (Å²) in [7, 11) is 0. The van der Waals surface area contributed by atoms with Crippen LogP contribution in [0.3, 0.4) is 0 Å². The molecule has 3 heteroatoms. The lowest BCUT2D eigenvalue weighted by Crippen LogP contribution is -2.29. The van der Waals surface area contributed by atoms with E-state index < -0.39 is 0 Å². The summed E-state index contributed by atoms with van der Waals surface area (Å²) in [6.07, 6.45) is 1.75. The molecule has 0 bridgehead atoms. The zero-order valence-corrected chi connectivity index (χ0v) is 10.5. The van der Waals surface area contributed by atoms with Gasteiger partial charge in [-0.2, -0.15) is 0 Å². The SMILES string of the molecule is Oc1c[n+](-c2ccccc2)c(-c2ccccc2)s1. The standard InChI is InChI=1S/C15H11NOS/c17-14-11-16(13-9-5-2-6-10-13)15(18-14)12-7-3-1-4-8-12/h1-11H/p+1. The molecule has 0 saturated carbocycles. The smallest absolute Gasteiger partial charge is 0.278 e. The van der Waals surface area contributed by atoms with Crippen molar-refractivity contribution in [3.05, 3.63) is 66.9 Å². The molecule has 0 aliphatic rings. The normalized spacial score (nSPS) is 10.4. The second kappa shape index (κ2) is 4.63. The van der Waals surface area contributed by atoms with E-state index in [1.807, 2.05) is 65.2 Å². The van der Waals surface area contributed by atoms with Gasteiger partial charge < -0.3 is 5.11 Å². The highest BCUT2D eigenvalue weighted by atomic mass is 32.1. The second-order valence-corrected chi connectivity index (χ2v) is 4.96. The molecule has 0 amide bonds. The summed E-state index contributed by atoms with van der Waals surface area (Å²) in [4.78, 5) is 0. The van der Waals surface area contributed by atoms with Gasteiger partial charge in [0.05, 0.1) is 5.56 Å². The Labute approximate surface area is 109 Å². The number of hydrogen-bond donors (Lipinski definition) is 1. The first-order valence-electron chi connectivity index (χ1n) is 5.70. The molecule has 88 valence electrons. The van der Waals surface area contributed by atoms with E-state index in [1.54, 1.807) is 6.20 Å². The molecule has 0 spiro atoms. The topological polar surface area (TPSA) is 24.1 Å². The van der Waals surface area contributed by atoms with Crippen molar-refractivity contribution in [1.82, 2.24) is 0 Å². The number of benzene rings is 2. The van der Waals surface area contributed by atoms with Crippen LogP contribution in [0.25, 0.3) is 16.3 Å². The van der Waals surface area contributed by atoms with Gasteiger partial charge in [0.15, 0.2) is 0 Å². The van der Waals surface area contributed by atoms with E-state index >= 15 is 0 Å². The van der Waals surface area contributed by atoms with Crippen LogP contribution in [0.15, 0.2) is 66.9 Å². The Morgan fingerprint density at radius 2 is 1.44 bits per heavy atom.